The normalized spacial score (nSPS) is 19.6. The minimum Gasteiger partial charge on any atom is -0.391 e. The molecule has 1 aliphatic heterocycles. The van der Waals surface area contributed by atoms with E-state index >= 15 is 0 Å². The van der Waals surface area contributed by atoms with E-state index in [4.69, 9.17) is 5.73 Å². The first-order chi connectivity index (χ1) is 9.58. The third-order valence-corrected chi connectivity index (χ3v) is 3.74. The van der Waals surface area contributed by atoms with E-state index in [2.05, 4.69) is 17.0 Å². The summed E-state index contributed by atoms with van der Waals surface area (Å²) in [6.07, 6.45) is -0.801. The molecule has 0 aromatic heterocycles. The van der Waals surface area contributed by atoms with E-state index in [1.807, 2.05) is 18.2 Å². The molecule has 0 unspecified atom stereocenters. The summed E-state index contributed by atoms with van der Waals surface area (Å²) in [5.41, 5.74) is 6.98. The molecule has 0 radical (unpaired) electrons. The van der Waals surface area contributed by atoms with Gasteiger partial charge in [0.25, 0.3) is 0 Å². The van der Waals surface area contributed by atoms with Crippen molar-refractivity contribution in [2.24, 2.45) is 5.73 Å². The van der Waals surface area contributed by atoms with Gasteiger partial charge in [0.1, 0.15) is 6.04 Å². The molecule has 1 amide bonds. The quantitative estimate of drug-likeness (QED) is 0.815. The van der Waals surface area contributed by atoms with Crippen molar-refractivity contribution in [3.8, 4) is 0 Å². The summed E-state index contributed by atoms with van der Waals surface area (Å²) in [5, 5.41) is 9.39. The second-order valence-electron chi connectivity index (χ2n) is 5.35. The zero-order valence-electron chi connectivity index (χ0n) is 11.9. The van der Waals surface area contributed by atoms with Gasteiger partial charge in [-0.1, -0.05) is 30.3 Å². The summed E-state index contributed by atoms with van der Waals surface area (Å²) >= 11 is 0. The van der Waals surface area contributed by atoms with Crippen LogP contribution in [0.4, 0.5) is 0 Å². The smallest absolute Gasteiger partial charge is 0.242 e. The number of rotatable bonds is 4. The summed E-state index contributed by atoms with van der Waals surface area (Å²) in [6.45, 7) is 5.48. The van der Waals surface area contributed by atoms with Crippen LogP contribution in [0.15, 0.2) is 30.3 Å². The lowest BCUT2D eigenvalue weighted by atomic mass is 10.1. The average molecular weight is 277 g/mol. The molecule has 0 aliphatic carbocycles. The largest absolute Gasteiger partial charge is 0.391 e. The van der Waals surface area contributed by atoms with Crippen LogP contribution in [0.2, 0.25) is 0 Å². The molecule has 5 nitrogen and oxygen atoms in total. The first-order valence-electron chi connectivity index (χ1n) is 7.06. The molecule has 0 saturated carbocycles. The van der Waals surface area contributed by atoms with E-state index in [1.165, 1.54) is 5.56 Å². The molecule has 0 bridgehead atoms. The van der Waals surface area contributed by atoms with E-state index < -0.39 is 12.1 Å². The minimum atomic E-state index is -0.810. The van der Waals surface area contributed by atoms with E-state index in [1.54, 1.807) is 11.8 Å². The van der Waals surface area contributed by atoms with Gasteiger partial charge in [0, 0.05) is 32.7 Å². The van der Waals surface area contributed by atoms with Crippen molar-refractivity contribution in [3.63, 3.8) is 0 Å². The van der Waals surface area contributed by atoms with Gasteiger partial charge >= 0.3 is 0 Å². The van der Waals surface area contributed by atoms with Crippen LogP contribution in [0.1, 0.15) is 12.5 Å². The molecule has 3 N–H and O–H groups in total. The fourth-order valence-electron chi connectivity index (χ4n) is 2.39. The van der Waals surface area contributed by atoms with Gasteiger partial charge in [-0.3, -0.25) is 9.69 Å². The van der Waals surface area contributed by atoms with Gasteiger partial charge in [-0.2, -0.15) is 0 Å². The second-order valence-corrected chi connectivity index (χ2v) is 5.35. The Hall–Kier alpha value is -1.43. The van der Waals surface area contributed by atoms with Crippen molar-refractivity contribution in [3.05, 3.63) is 35.9 Å². The van der Waals surface area contributed by atoms with Crippen molar-refractivity contribution < 1.29 is 9.90 Å². The lowest BCUT2D eigenvalue weighted by Gasteiger charge is -2.36. The highest BCUT2D eigenvalue weighted by Gasteiger charge is 2.27. The number of benzene rings is 1. The average Bonchev–Trinajstić information content (AvgIpc) is 2.47. The number of aliphatic hydroxyl groups excluding tert-OH is 1. The van der Waals surface area contributed by atoms with Crippen molar-refractivity contribution in [2.45, 2.75) is 25.6 Å². The van der Waals surface area contributed by atoms with Crippen molar-refractivity contribution in [2.75, 3.05) is 26.2 Å². The number of amides is 1. The summed E-state index contributed by atoms with van der Waals surface area (Å²) in [4.78, 5) is 16.1. The lowest BCUT2D eigenvalue weighted by molar-refractivity contribution is -0.136. The molecule has 1 saturated heterocycles. The number of aliphatic hydroxyl groups is 1. The Balaban J connectivity index is 1.82. The fraction of sp³-hybridized carbons (Fsp3) is 0.533. The van der Waals surface area contributed by atoms with Crippen molar-refractivity contribution in [1.82, 2.24) is 9.80 Å². The monoisotopic (exact) mass is 277 g/mol. The molecular formula is C15H23N3O2. The Kier molecular flexibility index (Phi) is 5.11. The SMILES string of the molecule is C[C@@H](O)[C@H](N)C(=O)N1CCN(Cc2ccccc2)CC1. The molecule has 20 heavy (non-hydrogen) atoms. The van der Waals surface area contributed by atoms with E-state index in [0.717, 1.165) is 19.6 Å². The zero-order chi connectivity index (χ0) is 14.5. The highest BCUT2D eigenvalue weighted by atomic mass is 16.3. The maximum Gasteiger partial charge on any atom is 0.242 e. The molecule has 2 atom stereocenters. The number of nitrogens with zero attached hydrogens (tertiary/aromatic N) is 2. The Morgan fingerprint density at radius 1 is 1.25 bits per heavy atom. The first-order valence-corrected chi connectivity index (χ1v) is 7.06. The van der Waals surface area contributed by atoms with Gasteiger partial charge in [-0.25, -0.2) is 0 Å². The third kappa shape index (κ3) is 3.79. The molecule has 1 fully saturated rings. The predicted octanol–water partition coefficient (Wildman–Crippen LogP) is 0.0389. The Labute approximate surface area is 120 Å². The Morgan fingerprint density at radius 2 is 1.85 bits per heavy atom. The van der Waals surface area contributed by atoms with Gasteiger partial charge < -0.3 is 15.7 Å². The fourth-order valence-corrected chi connectivity index (χ4v) is 2.39. The Bertz CT molecular complexity index is 428. The standard InChI is InChI=1S/C15H23N3O2/c1-12(19)14(16)15(20)18-9-7-17(8-10-18)11-13-5-3-2-4-6-13/h2-6,12,14,19H,7-11,16H2,1H3/t12-,14+/m1/s1. The van der Waals surface area contributed by atoms with Crippen LogP contribution < -0.4 is 5.73 Å². The Morgan fingerprint density at radius 3 is 2.40 bits per heavy atom. The molecule has 0 spiro atoms. The number of hydrogen-bond donors (Lipinski definition) is 2. The second kappa shape index (κ2) is 6.83. The van der Waals surface area contributed by atoms with Gasteiger partial charge in [-0.15, -0.1) is 0 Å². The van der Waals surface area contributed by atoms with Crippen LogP contribution in [0.25, 0.3) is 0 Å². The molecule has 5 heteroatoms. The van der Waals surface area contributed by atoms with Crippen LogP contribution in [-0.2, 0) is 11.3 Å². The predicted molar refractivity (Wildman–Crippen MR) is 78.0 cm³/mol. The summed E-state index contributed by atoms with van der Waals surface area (Å²) in [6, 6.07) is 9.50. The zero-order valence-corrected chi connectivity index (χ0v) is 11.9. The van der Waals surface area contributed by atoms with Crippen molar-refractivity contribution in [1.29, 1.82) is 0 Å². The number of carbonyl (C=O) groups excluding carboxylic acids is 1. The van der Waals surface area contributed by atoms with Crippen LogP contribution in [0.3, 0.4) is 0 Å². The van der Waals surface area contributed by atoms with E-state index in [9.17, 15) is 9.90 Å². The van der Waals surface area contributed by atoms with Gasteiger partial charge in [0.05, 0.1) is 6.10 Å². The molecule has 1 aromatic carbocycles. The molecule has 1 aliphatic rings. The van der Waals surface area contributed by atoms with Gasteiger partial charge in [0.15, 0.2) is 0 Å². The molecule has 110 valence electrons. The summed E-state index contributed by atoms with van der Waals surface area (Å²) < 4.78 is 0. The van der Waals surface area contributed by atoms with E-state index in [0.29, 0.717) is 13.1 Å². The third-order valence-electron chi connectivity index (χ3n) is 3.74. The maximum absolute atomic E-state index is 12.0. The molecule has 1 heterocycles. The number of carbonyl (C=O) groups is 1. The number of piperazine rings is 1. The topological polar surface area (TPSA) is 69.8 Å². The number of nitrogens with two attached hydrogens (primary N) is 1. The van der Waals surface area contributed by atoms with Crippen molar-refractivity contribution >= 4 is 5.91 Å². The van der Waals surface area contributed by atoms with Gasteiger partial charge in [0.2, 0.25) is 5.91 Å². The highest BCUT2D eigenvalue weighted by Crippen LogP contribution is 2.09. The molecular weight excluding hydrogens is 254 g/mol. The number of hydrogen-bond acceptors (Lipinski definition) is 4. The molecule has 1 aromatic rings. The van der Waals surface area contributed by atoms with Crippen LogP contribution in [0, 0.1) is 0 Å². The summed E-state index contributed by atoms with van der Waals surface area (Å²) in [7, 11) is 0. The maximum atomic E-state index is 12.0. The van der Waals surface area contributed by atoms with Crippen LogP contribution in [-0.4, -0.2) is 59.1 Å². The minimum absolute atomic E-state index is 0.153. The highest BCUT2D eigenvalue weighted by molar-refractivity contribution is 5.82. The first kappa shape index (κ1) is 15.0. The summed E-state index contributed by atoms with van der Waals surface area (Å²) in [5.74, 6) is -0.153. The van der Waals surface area contributed by atoms with E-state index in [-0.39, 0.29) is 5.91 Å². The van der Waals surface area contributed by atoms with Gasteiger partial charge in [-0.05, 0) is 12.5 Å². The molecule has 2 rings (SSSR count). The van der Waals surface area contributed by atoms with Crippen LogP contribution in [0.5, 0.6) is 0 Å². The van der Waals surface area contributed by atoms with Crippen LogP contribution >= 0.6 is 0 Å². The lowest BCUT2D eigenvalue weighted by Crippen LogP contribution is -2.55.